The number of H-pyrrole nitrogens is 1. The summed E-state index contributed by atoms with van der Waals surface area (Å²) in [6.07, 6.45) is 1.54. The third kappa shape index (κ3) is 2.95. The normalized spacial score (nSPS) is 11.1. The van der Waals surface area contributed by atoms with Crippen LogP contribution in [0, 0.1) is 6.92 Å². The second-order valence-corrected chi connectivity index (χ2v) is 4.90. The first-order valence-electron chi connectivity index (χ1n) is 6.70. The monoisotopic (exact) mass is 294 g/mol. The van der Waals surface area contributed by atoms with Crippen molar-refractivity contribution >= 4 is 23.1 Å². The number of aromatic nitrogens is 2. The number of phenolic OH excluding ortho intramolecular Hbond substituents is 1. The molecule has 6 nitrogen and oxygen atoms in total. The molecule has 110 valence electrons. The molecule has 0 unspecified atom stereocenters. The molecule has 6 heteroatoms. The van der Waals surface area contributed by atoms with Crippen LogP contribution in [0.1, 0.15) is 11.1 Å². The largest absolute Gasteiger partial charge is 0.508 e. The van der Waals surface area contributed by atoms with Gasteiger partial charge in [-0.25, -0.2) is 4.98 Å². The Labute approximate surface area is 126 Å². The summed E-state index contributed by atoms with van der Waals surface area (Å²) >= 11 is 0. The van der Waals surface area contributed by atoms with Crippen LogP contribution in [-0.2, 0) is 0 Å². The zero-order chi connectivity index (χ0) is 15.5. The van der Waals surface area contributed by atoms with E-state index in [1.165, 1.54) is 0 Å². The fraction of sp³-hybridized carbons (Fsp3) is 0.0625. The molecular formula is C16H14N4O2. The van der Waals surface area contributed by atoms with Crippen molar-refractivity contribution in [3.8, 4) is 5.75 Å². The van der Waals surface area contributed by atoms with Crippen molar-refractivity contribution in [3.63, 3.8) is 0 Å². The Kier molecular flexibility index (Phi) is 3.57. The first-order chi connectivity index (χ1) is 10.6. The van der Waals surface area contributed by atoms with Gasteiger partial charge in [-0.05, 0) is 54.4 Å². The molecule has 0 aliphatic heterocycles. The van der Waals surface area contributed by atoms with E-state index in [4.69, 9.17) is 0 Å². The molecule has 0 saturated carbocycles. The van der Waals surface area contributed by atoms with Gasteiger partial charge in [0.15, 0.2) is 0 Å². The van der Waals surface area contributed by atoms with Gasteiger partial charge in [0.25, 0.3) is 5.56 Å². The average Bonchev–Trinajstić information content (AvgIpc) is 2.50. The highest BCUT2D eigenvalue weighted by Gasteiger charge is 2.03. The van der Waals surface area contributed by atoms with Crippen LogP contribution in [0.2, 0.25) is 0 Å². The molecule has 0 bridgehead atoms. The fourth-order valence-electron chi connectivity index (χ4n) is 2.00. The molecule has 0 aliphatic rings. The van der Waals surface area contributed by atoms with Crippen molar-refractivity contribution in [1.29, 1.82) is 0 Å². The maximum atomic E-state index is 11.9. The average molecular weight is 294 g/mol. The summed E-state index contributed by atoms with van der Waals surface area (Å²) in [7, 11) is 0. The van der Waals surface area contributed by atoms with E-state index in [1.807, 2.05) is 25.1 Å². The quantitative estimate of drug-likeness (QED) is 0.511. The number of aromatic hydroxyl groups is 1. The molecule has 2 aromatic carbocycles. The van der Waals surface area contributed by atoms with Crippen molar-refractivity contribution in [2.24, 2.45) is 5.10 Å². The summed E-state index contributed by atoms with van der Waals surface area (Å²) in [6, 6.07) is 12.2. The highest BCUT2D eigenvalue weighted by Crippen LogP contribution is 2.11. The van der Waals surface area contributed by atoms with Crippen LogP contribution in [0.4, 0.5) is 5.82 Å². The van der Waals surface area contributed by atoms with E-state index in [2.05, 4.69) is 20.5 Å². The molecule has 0 aliphatic carbocycles. The van der Waals surface area contributed by atoms with Crippen LogP contribution in [0.15, 0.2) is 52.4 Å². The van der Waals surface area contributed by atoms with E-state index in [0.717, 1.165) is 11.1 Å². The van der Waals surface area contributed by atoms with Crippen LogP contribution in [0.25, 0.3) is 11.0 Å². The smallest absolute Gasteiger partial charge is 0.293 e. The lowest BCUT2D eigenvalue weighted by atomic mass is 10.2. The first kappa shape index (κ1) is 13.8. The van der Waals surface area contributed by atoms with Gasteiger partial charge < -0.3 is 10.1 Å². The molecule has 0 atom stereocenters. The maximum absolute atomic E-state index is 11.9. The Hall–Kier alpha value is -3.15. The van der Waals surface area contributed by atoms with Gasteiger partial charge in [-0.3, -0.25) is 10.2 Å². The topological polar surface area (TPSA) is 90.4 Å². The number of rotatable bonds is 3. The zero-order valence-electron chi connectivity index (χ0n) is 11.9. The van der Waals surface area contributed by atoms with Gasteiger partial charge >= 0.3 is 0 Å². The SMILES string of the molecule is Cc1ccc2nc(NN=Cc3ccc(O)cc3)c(=O)[nH]c2c1. The predicted molar refractivity (Wildman–Crippen MR) is 86.4 cm³/mol. The van der Waals surface area contributed by atoms with Crippen molar-refractivity contribution in [2.75, 3.05) is 5.43 Å². The third-order valence-corrected chi connectivity index (χ3v) is 3.12. The summed E-state index contributed by atoms with van der Waals surface area (Å²) in [5.74, 6) is 0.319. The summed E-state index contributed by atoms with van der Waals surface area (Å²) in [4.78, 5) is 19.0. The second kappa shape index (κ2) is 5.69. The summed E-state index contributed by atoms with van der Waals surface area (Å²) < 4.78 is 0. The predicted octanol–water partition coefficient (Wildman–Crippen LogP) is 2.38. The molecule has 0 saturated heterocycles. The Morgan fingerprint density at radius 1 is 1.23 bits per heavy atom. The molecule has 22 heavy (non-hydrogen) atoms. The van der Waals surface area contributed by atoms with Gasteiger partial charge in [0, 0.05) is 0 Å². The Balaban J connectivity index is 1.84. The highest BCUT2D eigenvalue weighted by molar-refractivity contribution is 5.80. The fourth-order valence-corrected chi connectivity index (χ4v) is 2.00. The van der Waals surface area contributed by atoms with Crippen LogP contribution >= 0.6 is 0 Å². The molecular weight excluding hydrogens is 280 g/mol. The Bertz CT molecular complexity index is 898. The number of benzene rings is 2. The van der Waals surface area contributed by atoms with Crippen LogP contribution < -0.4 is 11.0 Å². The van der Waals surface area contributed by atoms with E-state index in [9.17, 15) is 9.90 Å². The molecule has 0 spiro atoms. The van der Waals surface area contributed by atoms with Gasteiger partial charge in [0.05, 0.1) is 17.2 Å². The van der Waals surface area contributed by atoms with Crippen molar-refractivity contribution in [1.82, 2.24) is 9.97 Å². The number of hydrogen-bond acceptors (Lipinski definition) is 5. The van der Waals surface area contributed by atoms with E-state index >= 15 is 0 Å². The number of fused-ring (bicyclic) bond motifs is 1. The maximum Gasteiger partial charge on any atom is 0.293 e. The molecule has 0 amide bonds. The number of anilines is 1. The lowest BCUT2D eigenvalue weighted by Gasteiger charge is -2.02. The lowest BCUT2D eigenvalue weighted by molar-refractivity contribution is 0.475. The van der Waals surface area contributed by atoms with Crippen molar-refractivity contribution in [2.45, 2.75) is 6.92 Å². The Morgan fingerprint density at radius 2 is 2.00 bits per heavy atom. The number of phenols is 1. The van der Waals surface area contributed by atoms with E-state index in [1.54, 1.807) is 30.5 Å². The Morgan fingerprint density at radius 3 is 2.77 bits per heavy atom. The number of nitrogens with zero attached hydrogens (tertiary/aromatic N) is 2. The summed E-state index contributed by atoms with van der Waals surface area (Å²) in [6.45, 7) is 1.95. The molecule has 0 radical (unpaired) electrons. The number of hydrazone groups is 1. The standard InChI is InChI=1S/C16H14N4O2/c1-10-2-7-13-14(8-10)19-16(22)15(18-13)20-17-9-11-3-5-12(21)6-4-11/h2-9,21H,1H3,(H,18,20)(H,19,22). The summed E-state index contributed by atoms with van der Waals surface area (Å²) in [5.41, 5.74) is 5.52. The van der Waals surface area contributed by atoms with Gasteiger partial charge in [0.2, 0.25) is 5.82 Å². The van der Waals surface area contributed by atoms with Gasteiger partial charge in [-0.2, -0.15) is 5.10 Å². The molecule has 3 N–H and O–H groups in total. The molecule has 3 rings (SSSR count). The van der Waals surface area contributed by atoms with Crippen molar-refractivity contribution < 1.29 is 5.11 Å². The first-order valence-corrected chi connectivity index (χ1v) is 6.70. The van der Waals surface area contributed by atoms with Gasteiger partial charge in [-0.15, -0.1) is 0 Å². The molecule has 1 heterocycles. The second-order valence-electron chi connectivity index (χ2n) is 4.90. The number of hydrogen-bond donors (Lipinski definition) is 3. The molecule has 1 aromatic heterocycles. The van der Waals surface area contributed by atoms with Crippen molar-refractivity contribution in [3.05, 3.63) is 63.9 Å². The minimum Gasteiger partial charge on any atom is -0.508 e. The van der Waals surface area contributed by atoms with E-state index in [-0.39, 0.29) is 17.1 Å². The summed E-state index contributed by atoms with van der Waals surface area (Å²) in [5, 5.41) is 13.2. The van der Waals surface area contributed by atoms with Crippen LogP contribution in [0.3, 0.4) is 0 Å². The van der Waals surface area contributed by atoms with Gasteiger partial charge in [0.1, 0.15) is 5.75 Å². The van der Waals surface area contributed by atoms with E-state index < -0.39 is 0 Å². The zero-order valence-corrected chi connectivity index (χ0v) is 11.9. The minimum atomic E-state index is -0.332. The van der Waals surface area contributed by atoms with Crippen LogP contribution in [0.5, 0.6) is 5.75 Å². The third-order valence-electron chi connectivity index (χ3n) is 3.12. The highest BCUT2D eigenvalue weighted by atomic mass is 16.3. The van der Waals surface area contributed by atoms with Gasteiger partial charge in [-0.1, -0.05) is 6.07 Å². The molecule has 3 aromatic rings. The van der Waals surface area contributed by atoms with Crippen LogP contribution in [-0.4, -0.2) is 21.3 Å². The molecule has 0 fully saturated rings. The lowest BCUT2D eigenvalue weighted by Crippen LogP contribution is -2.13. The number of aryl methyl sites for hydroxylation is 1. The number of aromatic amines is 1. The number of nitrogens with one attached hydrogen (secondary N) is 2. The van der Waals surface area contributed by atoms with E-state index in [0.29, 0.717) is 11.0 Å². The minimum absolute atomic E-state index is 0.131.